The first kappa shape index (κ1) is 16.5. The van der Waals surface area contributed by atoms with Crippen molar-refractivity contribution < 1.29 is 14.3 Å². The number of nitrogens with one attached hydrogen (secondary N) is 1. The van der Waals surface area contributed by atoms with Crippen LogP contribution in [-0.4, -0.2) is 23.8 Å². The first-order valence-corrected chi connectivity index (χ1v) is 8.19. The second kappa shape index (κ2) is 7.96. The van der Waals surface area contributed by atoms with Crippen molar-refractivity contribution in [2.45, 2.75) is 17.4 Å². The van der Waals surface area contributed by atoms with Crippen LogP contribution >= 0.6 is 11.8 Å². The van der Waals surface area contributed by atoms with Gasteiger partial charge in [0, 0.05) is 17.0 Å². The van der Waals surface area contributed by atoms with Gasteiger partial charge in [-0.15, -0.1) is 11.8 Å². The average molecular weight is 319 g/mol. The molecular weight excluding hydrogens is 301 g/mol. The van der Waals surface area contributed by atoms with Crippen molar-refractivity contribution in [1.82, 2.24) is 5.32 Å². The van der Waals surface area contributed by atoms with Crippen molar-refractivity contribution in [1.29, 1.82) is 0 Å². The number of rotatable bonds is 6. The molecule has 0 aliphatic rings. The third-order valence-electron chi connectivity index (χ3n) is 3.30. The minimum Gasteiger partial charge on any atom is -0.388 e. The van der Waals surface area contributed by atoms with Crippen molar-refractivity contribution in [2.24, 2.45) is 0 Å². The van der Waals surface area contributed by atoms with E-state index in [9.17, 15) is 14.3 Å². The van der Waals surface area contributed by atoms with Crippen molar-refractivity contribution in [3.8, 4) is 0 Å². The molecule has 3 nitrogen and oxygen atoms in total. The summed E-state index contributed by atoms with van der Waals surface area (Å²) in [4.78, 5) is 12.5. The smallest absolute Gasteiger partial charge is 0.251 e. The minimum absolute atomic E-state index is 0.268. The summed E-state index contributed by atoms with van der Waals surface area (Å²) in [6.07, 6.45) is 1.57. The number of thioether (sulfide) groups is 1. The summed E-state index contributed by atoms with van der Waals surface area (Å²) in [6.45, 7) is 0.348. The Balaban J connectivity index is 1.88. The molecule has 5 heteroatoms. The van der Waals surface area contributed by atoms with Crippen LogP contribution in [0.4, 0.5) is 4.39 Å². The summed E-state index contributed by atoms with van der Waals surface area (Å²) in [5.41, 5.74) is 1.24. The van der Waals surface area contributed by atoms with E-state index in [1.54, 1.807) is 6.26 Å². The first-order chi connectivity index (χ1) is 10.6. The second-order valence-electron chi connectivity index (χ2n) is 4.82. The Morgan fingerprint density at radius 2 is 2.00 bits per heavy atom. The molecule has 0 radical (unpaired) electrons. The SMILES string of the molecule is CSc1cc(C(=O)NCCC(O)c2ccccc2)ccc1F. The summed E-state index contributed by atoms with van der Waals surface area (Å²) in [7, 11) is 0. The van der Waals surface area contributed by atoms with E-state index in [0.29, 0.717) is 23.4 Å². The van der Waals surface area contributed by atoms with Gasteiger partial charge >= 0.3 is 0 Å². The third-order valence-corrected chi connectivity index (χ3v) is 4.05. The Bertz CT molecular complexity index is 634. The normalized spacial score (nSPS) is 12.0. The van der Waals surface area contributed by atoms with Crippen molar-refractivity contribution in [3.05, 3.63) is 65.5 Å². The summed E-state index contributed by atoms with van der Waals surface area (Å²) >= 11 is 1.26. The molecule has 2 aromatic carbocycles. The fraction of sp³-hybridized carbons (Fsp3) is 0.235. The molecule has 0 aliphatic heterocycles. The van der Waals surface area contributed by atoms with Crippen LogP contribution in [0.25, 0.3) is 0 Å². The van der Waals surface area contributed by atoms with Crippen LogP contribution in [-0.2, 0) is 0 Å². The molecule has 116 valence electrons. The number of halogens is 1. The minimum atomic E-state index is -0.614. The average Bonchev–Trinajstić information content (AvgIpc) is 2.55. The Morgan fingerprint density at radius 1 is 1.27 bits per heavy atom. The molecule has 0 spiro atoms. The van der Waals surface area contributed by atoms with Gasteiger partial charge in [-0.2, -0.15) is 0 Å². The zero-order valence-corrected chi connectivity index (χ0v) is 13.1. The van der Waals surface area contributed by atoms with Crippen molar-refractivity contribution in [3.63, 3.8) is 0 Å². The molecule has 0 fully saturated rings. The fourth-order valence-electron chi connectivity index (χ4n) is 2.07. The lowest BCUT2D eigenvalue weighted by atomic mass is 10.1. The van der Waals surface area contributed by atoms with Gasteiger partial charge in [0.2, 0.25) is 0 Å². The van der Waals surface area contributed by atoms with Crippen LogP contribution < -0.4 is 5.32 Å². The molecular formula is C17H18FNO2S. The van der Waals surface area contributed by atoms with Crippen LogP contribution in [0.15, 0.2) is 53.4 Å². The quantitative estimate of drug-likeness (QED) is 0.802. The summed E-state index contributed by atoms with van der Waals surface area (Å²) in [5, 5.41) is 12.8. The van der Waals surface area contributed by atoms with E-state index in [0.717, 1.165) is 5.56 Å². The topological polar surface area (TPSA) is 49.3 Å². The summed E-state index contributed by atoms with van der Waals surface area (Å²) in [6, 6.07) is 13.6. The van der Waals surface area contributed by atoms with Crippen LogP contribution in [0.2, 0.25) is 0 Å². The lowest BCUT2D eigenvalue weighted by molar-refractivity contribution is 0.0942. The Morgan fingerprint density at radius 3 is 2.68 bits per heavy atom. The maximum absolute atomic E-state index is 13.4. The van der Waals surface area contributed by atoms with Gasteiger partial charge in [0.1, 0.15) is 5.82 Å². The molecule has 0 saturated heterocycles. The number of hydrogen-bond donors (Lipinski definition) is 2. The van der Waals surface area contributed by atoms with Gasteiger partial charge in [-0.1, -0.05) is 30.3 Å². The molecule has 0 bridgehead atoms. The number of carbonyl (C=O) groups is 1. The predicted octanol–water partition coefficient (Wildman–Crippen LogP) is 3.40. The number of carbonyl (C=O) groups excluding carboxylic acids is 1. The zero-order valence-electron chi connectivity index (χ0n) is 12.3. The molecule has 1 amide bonds. The van der Waals surface area contributed by atoms with Crippen molar-refractivity contribution >= 4 is 17.7 Å². The number of benzene rings is 2. The van der Waals surface area contributed by atoms with E-state index in [2.05, 4.69) is 5.32 Å². The standard InChI is InChI=1S/C17H18FNO2S/c1-22-16-11-13(7-8-14(16)18)17(21)19-10-9-15(20)12-5-3-2-4-6-12/h2-8,11,15,20H,9-10H2,1H3,(H,19,21). The van der Waals surface area contributed by atoms with E-state index in [1.807, 2.05) is 30.3 Å². The van der Waals surface area contributed by atoms with Crippen LogP contribution in [0, 0.1) is 5.82 Å². The summed E-state index contributed by atoms with van der Waals surface area (Å²) in [5.74, 6) is -0.598. The Kier molecular flexibility index (Phi) is 5.98. The highest BCUT2D eigenvalue weighted by molar-refractivity contribution is 7.98. The second-order valence-corrected chi connectivity index (χ2v) is 5.67. The molecule has 2 rings (SSSR count). The van der Waals surface area contributed by atoms with Crippen LogP contribution in [0.1, 0.15) is 28.4 Å². The molecule has 0 heterocycles. The number of amides is 1. The molecule has 1 unspecified atom stereocenters. The van der Waals surface area contributed by atoms with Gasteiger partial charge in [-0.05, 0) is 36.4 Å². The predicted molar refractivity (Wildman–Crippen MR) is 86.5 cm³/mol. The van der Waals surface area contributed by atoms with Crippen LogP contribution in [0.5, 0.6) is 0 Å². The van der Waals surface area contributed by atoms with Gasteiger partial charge < -0.3 is 10.4 Å². The van der Waals surface area contributed by atoms with Crippen LogP contribution in [0.3, 0.4) is 0 Å². The highest BCUT2D eigenvalue weighted by atomic mass is 32.2. The third kappa shape index (κ3) is 4.32. The van der Waals surface area contributed by atoms with Gasteiger partial charge in [0.15, 0.2) is 0 Å². The highest BCUT2D eigenvalue weighted by Crippen LogP contribution is 2.20. The molecule has 0 saturated carbocycles. The largest absolute Gasteiger partial charge is 0.388 e. The first-order valence-electron chi connectivity index (χ1n) is 6.96. The van der Waals surface area contributed by atoms with E-state index < -0.39 is 6.10 Å². The maximum atomic E-state index is 13.4. The van der Waals surface area contributed by atoms with Gasteiger partial charge in [0.05, 0.1) is 6.10 Å². The van der Waals surface area contributed by atoms with Crippen molar-refractivity contribution in [2.75, 3.05) is 12.8 Å². The fourth-order valence-corrected chi connectivity index (χ4v) is 2.58. The molecule has 2 N–H and O–H groups in total. The lowest BCUT2D eigenvalue weighted by Crippen LogP contribution is -2.25. The van der Waals surface area contributed by atoms with Gasteiger partial charge in [0.25, 0.3) is 5.91 Å². The lowest BCUT2D eigenvalue weighted by Gasteiger charge is -2.12. The summed E-state index contributed by atoms with van der Waals surface area (Å²) < 4.78 is 13.4. The molecule has 22 heavy (non-hydrogen) atoms. The van der Waals surface area contributed by atoms with E-state index >= 15 is 0 Å². The van der Waals surface area contributed by atoms with E-state index in [1.165, 1.54) is 30.0 Å². The molecule has 1 atom stereocenters. The molecule has 0 aliphatic carbocycles. The highest BCUT2D eigenvalue weighted by Gasteiger charge is 2.11. The zero-order chi connectivity index (χ0) is 15.9. The maximum Gasteiger partial charge on any atom is 0.251 e. The monoisotopic (exact) mass is 319 g/mol. The number of aliphatic hydroxyl groups is 1. The Hall–Kier alpha value is -1.85. The Labute approximate surface area is 133 Å². The van der Waals surface area contributed by atoms with Gasteiger partial charge in [-0.25, -0.2) is 4.39 Å². The van der Waals surface area contributed by atoms with E-state index in [4.69, 9.17) is 0 Å². The molecule has 0 aromatic heterocycles. The number of hydrogen-bond acceptors (Lipinski definition) is 3. The van der Waals surface area contributed by atoms with Gasteiger partial charge in [-0.3, -0.25) is 4.79 Å². The number of aliphatic hydroxyl groups excluding tert-OH is 1. The molecule has 2 aromatic rings. The van der Waals surface area contributed by atoms with E-state index in [-0.39, 0.29) is 11.7 Å².